The van der Waals surface area contributed by atoms with Gasteiger partial charge in [-0.2, -0.15) is 0 Å². The van der Waals surface area contributed by atoms with Crippen LogP contribution in [0.1, 0.15) is 32.9 Å². The first kappa shape index (κ1) is 27.7. The normalized spacial score (nSPS) is 11.6. The molecule has 0 radical (unpaired) electrons. The third-order valence-corrected chi connectivity index (χ3v) is 8.54. The molecule has 39 heavy (non-hydrogen) atoms. The van der Waals surface area contributed by atoms with Crippen LogP contribution in [0.3, 0.4) is 0 Å². The van der Waals surface area contributed by atoms with Crippen LogP contribution in [0.4, 0.5) is 17.3 Å². The zero-order valence-corrected chi connectivity index (χ0v) is 23.3. The summed E-state index contributed by atoms with van der Waals surface area (Å²) >= 11 is 0. The van der Waals surface area contributed by atoms with Crippen molar-refractivity contribution in [3.8, 4) is 0 Å². The predicted octanol–water partition coefficient (Wildman–Crippen LogP) is 4.56. The maximum atomic E-state index is 13.0. The van der Waals surface area contributed by atoms with Gasteiger partial charge in [-0.1, -0.05) is 23.8 Å². The first-order valence-corrected chi connectivity index (χ1v) is 14.8. The zero-order chi connectivity index (χ0) is 28.4. The minimum absolute atomic E-state index is 0.0307. The van der Waals surface area contributed by atoms with Gasteiger partial charge in [-0.25, -0.2) is 31.5 Å². The summed E-state index contributed by atoms with van der Waals surface area (Å²) in [6.45, 7) is 7.00. The van der Waals surface area contributed by atoms with Crippen molar-refractivity contribution >= 4 is 43.3 Å². The molecule has 3 N–H and O–H groups in total. The molecule has 0 unspecified atom stereocenters. The summed E-state index contributed by atoms with van der Waals surface area (Å²) in [6.07, 6.45) is 0. The Balaban J connectivity index is 1.49. The molecule has 0 fully saturated rings. The Bertz CT molecular complexity index is 1730. The minimum atomic E-state index is -3.96. The van der Waals surface area contributed by atoms with E-state index in [0.29, 0.717) is 28.3 Å². The van der Waals surface area contributed by atoms with E-state index in [1.807, 2.05) is 6.92 Å². The Hall–Kier alpha value is -4.29. The van der Waals surface area contributed by atoms with E-state index in [4.69, 9.17) is 0 Å². The van der Waals surface area contributed by atoms with Crippen molar-refractivity contribution in [1.29, 1.82) is 0 Å². The molecule has 1 aromatic heterocycles. The molecule has 0 saturated heterocycles. The number of nitrogens with one attached hydrogen (secondary N) is 3. The topological polar surface area (TPSA) is 147 Å². The lowest BCUT2D eigenvalue weighted by Crippen LogP contribution is -2.17. The molecule has 0 saturated carbocycles. The van der Waals surface area contributed by atoms with Crippen LogP contribution in [-0.2, 0) is 20.0 Å². The Morgan fingerprint density at radius 2 is 1.26 bits per heavy atom. The second-order valence-corrected chi connectivity index (χ2v) is 12.3. The van der Waals surface area contributed by atoms with Crippen molar-refractivity contribution in [3.05, 3.63) is 101 Å². The van der Waals surface area contributed by atoms with E-state index in [0.717, 1.165) is 5.56 Å². The molecule has 10 nitrogen and oxygen atoms in total. The first-order chi connectivity index (χ1) is 18.3. The molecule has 0 aliphatic rings. The van der Waals surface area contributed by atoms with Crippen LogP contribution in [0.15, 0.2) is 82.6 Å². The molecule has 4 aromatic rings. The highest BCUT2D eigenvalue weighted by atomic mass is 32.2. The molecule has 0 aliphatic carbocycles. The number of carbonyl (C=O) groups is 1. The summed E-state index contributed by atoms with van der Waals surface area (Å²) in [5.74, 6) is -0.592. The fourth-order valence-corrected chi connectivity index (χ4v) is 6.01. The summed E-state index contributed by atoms with van der Waals surface area (Å²) in [6, 6.07) is 18.5. The monoisotopic (exact) mass is 565 g/mol. The van der Waals surface area contributed by atoms with Gasteiger partial charge < -0.3 is 5.32 Å². The van der Waals surface area contributed by atoms with Gasteiger partial charge in [-0.05, 0) is 87.9 Å². The van der Waals surface area contributed by atoms with Crippen LogP contribution in [0.25, 0.3) is 0 Å². The second kappa shape index (κ2) is 10.8. The van der Waals surface area contributed by atoms with E-state index in [1.165, 1.54) is 36.4 Å². The number of benzene rings is 3. The van der Waals surface area contributed by atoms with Gasteiger partial charge in [-0.3, -0.25) is 9.52 Å². The van der Waals surface area contributed by atoms with Crippen LogP contribution in [0.5, 0.6) is 0 Å². The van der Waals surface area contributed by atoms with Crippen molar-refractivity contribution in [2.45, 2.75) is 37.5 Å². The SMILES string of the molecule is Cc1ccc(NS(=O)(=O)c2cc(C(=O)Nc3ccc(S(=O)(=O)Nc4nc(C)cc(C)n4)cc3)ccc2C)cc1. The lowest BCUT2D eigenvalue weighted by atomic mass is 10.1. The fraction of sp³-hybridized carbons (Fsp3) is 0.148. The Morgan fingerprint density at radius 1 is 0.667 bits per heavy atom. The summed E-state index contributed by atoms with van der Waals surface area (Å²) in [5.41, 5.74) is 3.56. The Kier molecular flexibility index (Phi) is 7.70. The third-order valence-electron chi connectivity index (χ3n) is 5.67. The molecule has 1 amide bonds. The van der Waals surface area contributed by atoms with Crippen LogP contribution < -0.4 is 14.8 Å². The standard InChI is InChI=1S/C27H27N5O5S2/c1-17-5-9-23(10-6-17)31-39(36,37)25-16-21(8-7-18(25)2)26(33)30-22-11-13-24(14-12-22)38(34,35)32-27-28-19(3)15-20(4)29-27/h5-16,31H,1-4H3,(H,30,33)(H,28,29,32). The Labute approximate surface area is 227 Å². The van der Waals surface area contributed by atoms with Crippen molar-refractivity contribution in [1.82, 2.24) is 9.97 Å². The molecule has 4 rings (SSSR count). The summed E-state index contributed by atoms with van der Waals surface area (Å²) in [7, 11) is -7.91. The third kappa shape index (κ3) is 6.78. The Morgan fingerprint density at radius 3 is 1.87 bits per heavy atom. The molecule has 0 atom stereocenters. The quantitative estimate of drug-likeness (QED) is 0.284. The minimum Gasteiger partial charge on any atom is -0.322 e. The van der Waals surface area contributed by atoms with Crippen LogP contribution in [0.2, 0.25) is 0 Å². The van der Waals surface area contributed by atoms with E-state index in [-0.39, 0.29) is 21.3 Å². The average Bonchev–Trinajstić information content (AvgIpc) is 2.85. The van der Waals surface area contributed by atoms with Crippen molar-refractivity contribution in [2.24, 2.45) is 0 Å². The first-order valence-electron chi connectivity index (χ1n) is 11.8. The highest BCUT2D eigenvalue weighted by Gasteiger charge is 2.20. The number of hydrogen-bond donors (Lipinski definition) is 3. The fourth-order valence-electron chi connectivity index (χ4n) is 3.73. The maximum Gasteiger partial charge on any atom is 0.264 e. The predicted molar refractivity (Wildman–Crippen MR) is 150 cm³/mol. The molecule has 0 bridgehead atoms. The summed E-state index contributed by atoms with van der Waals surface area (Å²) in [5, 5.41) is 2.66. The van der Waals surface area contributed by atoms with Gasteiger partial charge >= 0.3 is 0 Å². The number of aryl methyl sites for hydroxylation is 4. The molecular weight excluding hydrogens is 538 g/mol. The highest BCUT2D eigenvalue weighted by Crippen LogP contribution is 2.23. The van der Waals surface area contributed by atoms with E-state index in [1.54, 1.807) is 57.2 Å². The van der Waals surface area contributed by atoms with E-state index < -0.39 is 26.0 Å². The summed E-state index contributed by atoms with van der Waals surface area (Å²) < 4.78 is 56.4. The van der Waals surface area contributed by atoms with Crippen molar-refractivity contribution in [2.75, 3.05) is 14.8 Å². The van der Waals surface area contributed by atoms with Gasteiger partial charge in [-0.15, -0.1) is 0 Å². The number of anilines is 3. The molecule has 0 spiro atoms. The largest absolute Gasteiger partial charge is 0.322 e. The number of hydrogen-bond acceptors (Lipinski definition) is 7. The van der Waals surface area contributed by atoms with Crippen LogP contribution in [0, 0.1) is 27.7 Å². The van der Waals surface area contributed by atoms with E-state index in [2.05, 4.69) is 24.7 Å². The van der Waals surface area contributed by atoms with E-state index in [9.17, 15) is 21.6 Å². The van der Waals surface area contributed by atoms with Gasteiger partial charge in [0.2, 0.25) is 5.95 Å². The van der Waals surface area contributed by atoms with Crippen molar-refractivity contribution < 1.29 is 21.6 Å². The smallest absolute Gasteiger partial charge is 0.264 e. The number of carbonyl (C=O) groups excluding carboxylic acids is 1. The van der Waals surface area contributed by atoms with Gasteiger partial charge in [0.25, 0.3) is 26.0 Å². The number of rotatable bonds is 8. The molecule has 0 aliphatic heterocycles. The molecule has 3 aromatic carbocycles. The number of amides is 1. The highest BCUT2D eigenvalue weighted by molar-refractivity contribution is 7.93. The van der Waals surface area contributed by atoms with Gasteiger partial charge in [0.15, 0.2) is 0 Å². The number of sulfonamides is 2. The van der Waals surface area contributed by atoms with Gasteiger partial charge in [0.05, 0.1) is 9.79 Å². The second-order valence-electron chi connectivity index (χ2n) is 9.01. The average molecular weight is 566 g/mol. The number of aromatic nitrogens is 2. The van der Waals surface area contributed by atoms with Crippen molar-refractivity contribution in [3.63, 3.8) is 0 Å². The van der Waals surface area contributed by atoms with Crippen LogP contribution >= 0.6 is 0 Å². The van der Waals surface area contributed by atoms with E-state index >= 15 is 0 Å². The number of nitrogens with zero attached hydrogens (tertiary/aromatic N) is 2. The molecule has 1 heterocycles. The summed E-state index contributed by atoms with van der Waals surface area (Å²) in [4.78, 5) is 21.0. The lowest BCUT2D eigenvalue weighted by molar-refractivity contribution is 0.102. The van der Waals surface area contributed by atoms with Gasteiger partial charge in [0, 0.05) is 28.3 Å². The molecular formula is C27H27N5O5S2. The maximum absolute atomic E-state index is 13.0. The lowest BCUT2D eigenvalue weighted by Gasteiger charge is -2.13. The molecule has 202 valence electrons. The van der Waals surface area contributed by atoms with Crippen LogP contribution in [-0.4, -0.2) is 32.7 Å². The van der Waals surface area contributed by atoms with Gasteiger partial charge in [0.1, 0.15) is 0 Å². The molecule has 12 heteroatoms. The zero-order valence-electron chi connectivity index (χ0n) is 21.7.